The summed E-state index contributed by atoms with van der Waals surface area (Å²) in [5, 5.41) is 2.81. The molecule has 0 fully saturated rings. The zero-order valence-electron chi connectivity index (χ0n) is 15.1. The lowest BCUT2D eigenvalue weighted by Gasteiger charge is -2.22. The summed E-state index contributed by atoms with van der Waals surface area (Å²) in [5.74, 6) is -0.824. The highest BCUT2D eigenvalue weighted by atomic mass is 32.2. The minimum Gasteiger partial charge on any atom is -0.326 e. The summed E-state index contributed by atoms with van der Waals surface area (Å²) in [6.45, 7) is 3.92. The van der Waals surface area contributed by atoms with Crippen molar-refractivity contribution in [2.45, 2.75) is 26.7 Å². The van der Waals surface area contributed by atoms with E-state index in [0.29, 0.717) is 5.69 Å². The van der Waals surface area contributed by atoms with Crippen molar-refractivity contribution < 1.29 is 17.6 Å². The molecule has 7 heteroatoms. The van der Waals surface area contributed by atoms with Gasteiger partial charge in [0.1, 0.15) is 5.82 Å². The van der Waals surface area contributed by atoms with Crippen LogP contribution in [0.25, 0.3) is 0 Å². The predicted octanol–water partition coefficient (Wildman–Crippen LogP) is 3.63. The molecule has 0 aliphatic rings. The third kappa shape index (κ3) is 5.56. The molecule has 0 heterocycles. The Morgan fingerprint density at radius 1 is 1.12 bits per heavy atom. The number of halogens is 1. The minimum absolute atomic E-state index is 0.00952. The van der Waals surface area contributed by atoms with Crippen molar-refractivity contribution in [3.63, 3.8) is 0 Å². The fraction of sp³-hybridized carbons (Fsp3) is 0.316. The van der Waals surface area contributed by atoms with Gasteiger partial charge in [0, 0.05) is 18.7 Å². The molecule has 0 saturated carbocycles. The van der Waals surface area contributed by atoms with E-state index in [-0.39, 0.29) is 31.0 Å². The number of amides is 1. The van der Waals surface area contributed by atoms with Crippen LogP contribution in [0, 0.1) is 19.7 Å². The number of sulfonamides is 1. The summed E-state index contributed by atoms with van der Waals surface area (Å²) in [4.78, 5) is 12.1. The van der Waals surface area contributed by atoms with Crippen molar-refractivity contribution >= 4 is 27.3 Å². The molecule has 0 bridgehead atoms. The average Bonchev–Trinajstić information content (AvgIpc) is 2.50. The SMILES string of the molecule is Cc1cc(C)cc(NC(=O)CCCN(c2ccccc2F)S(C)(=O)=O)c1. The van der Waals surface area contributed by atoms with Gasteiger partial charge in [0.2, 0.25) is 15.9 Å². The fourth-order valence-corrected chi connectivity index (χ4v) is 3.74. The van der Waals surface area contributed by atoms with Crippen molar-refractivity contribution in [3.8, 4) is 0 Å². The van der Waals surface area contributed by atoms with Gasteiger partial charge in [-0.15, -0.1) is 0 Å². The van der Waals surface area contributed by atoms with E-state index in [0.717, 1.165) is 21.7 Å². The van der Waals surface area contributed by atoms with Crippen LogP contribution in [0.15, 0.2) is 42.5 Å². The fourth-order valence-electron chi connectivity index (χ4n) is 2.77. The van der Waals surface area contributed by atoms with Crippen LogP contribution in [-0.2, 0) is 14.8 Å². The first-order chi connectivity index (χ1) is 12.2. The Labute approximate surface area is 153 Å². The first-order valence-electron chi connectivity index (χ1n) is 8.27. The molecule has 0 aromatic heterocycles. The van der Waals surface area contributed by atoms with Crippen molar-refractivity contribution in [1.29, 1.82) is 0 Å². The van der Waals surface area contributed by atoms with Gasteiger partial charge in [0.25, 0.3) is 0 Å². The molecule has 1 amide bonds. The Kier molecular flexibility index (Phi) is 6.37. The molecule has 0 atom stereocenters. The number of para-hydroxylation sites is 1. The smallest absolute Gasteiger partial charge is 0.232 e. The van der Waals surface area contributed by atoms with Crippen molar-refractivity contribution in [2.75, 3.05) is 22.4 Å². The van der Waals surface area contributed by atoms with Crippen LogP contribution in [0.2, 0.25) is 0 Å². The normalized spacial score (nSPS) is 11.2. The van der Waals surface area contributed by atoms with Gasteiger partial charge in [0.05, 0.1) is 11.9 Å². The number of hydrogen-bond acceptors (Lipinski definition) is 3. The highest BCUT2D eigenvalue weighted by Gasteiger charge is 2.20. The van der Waals surface area contributed by atoms with Crippen molar-refractivity contribution in [1.82, 2.24) is 0 Å². The van der Waals surface area contributed by atoms with Gasteiger partial charge in [0.15, 0.2) is 0 Å². The Balaban J connectivity index is 1.99. The topological polar surface area (TPSA) is 66.5 Å². The number of anilines is 2. The van der Waals surface area contributed by atoms with Crippen LogP contribution in [0.3, 0.4) is 0 Å². The van der Waals surface area contributed by atoms with E-state index >= 15 is 0 Å². The molecule has 2 rings (SSSR count). The van der Waals surface area contributed by atoms with Crippen molar-refractivity contribution in [2.24, 2.45) is 0 Å². The zero-order chi connectivity index (χ0) is 19.3. The number of rotatable bonds is 7. The van der Waals surface area contributed by atoms with E-state index in [9.17, 15) is 17.6 Å². The molecular weight excluding hydrogens is 355 g/mol. The van der Waals surface area contributed by atoms with Crippen LogP contribution in [0.5, 0.6) is 0 Å². The second kappa shape index (κ2) is 8.31. The molecule has 2 aromatic rings. The zero-order valence-corrected chi connectivity index (χ0v) is 15.9. The largest absolute Gasteiger partial charge is 0.326 e. The van der Waals surface area contributed by atoms with E-state index in [2.05, 4.69) is 5.32 Å². The Bertz CT molecular complexity index is 877. The van der Waals surface area contributed by atoms with Crippen LogP contribution >= 0.6 is 0 Å². The maximum absolute atomic E-state index is 13.9. The Morgan fingerprint density at radius 3 is 2.31 bits per heavy atom. The Morgan fingerprint density at radius 2 is 1.73 bits per heavy atom. The quantitative estimate of drug-likeness (QED) is 0.800. The highest BCUT2D eigenvalue weighted by molar-refractivity contribution is 7.92. The summed E-state index contributed by atoms with van der Waals surface area (Å²) < 4.78 is 38.9. The third-order valence-electron chi connectivity index (χ3n) is 3.79. The predicted molar refractivity (Wildman–Crippen MR) is 102 cm³/mol. The third-order valence-corrected chi connectivity index (χ3v) is 4.97. The molecule has 0 radical (unpaired) electrons. The molecular formula is C19H23FN2O3S. The number of benzene rings is 2. The lowest BCUT2D eigenvalue weighted by molar-refractivity contribution is -0.116. The van der Waals surface area contributed by atoms with Crippen LogP contribution in [0.4, 0.5) is 15.8 Å². The van der Waals surface area contributed by atoms with Crippen LogP contribution < -0.4 is 9.62 Å². The second-order valence-electron chi connectivity index (χ2n) is 6.31. The summed E-state index contributed by atoms with van der Waals surface area (Å²) in [5.41, 5.74) is 2.79. The second-order valence-corrected chi connectivity index (χ2v) is 8.22. The molecule has 0 unspecified atom stereocenters. The van der Waals surface area contributed by atoms with Crippen LogP contribution in [0.1, 0.15) is 24.0 Å². The van der Waals surface area contributed by atoms with Gasteiger partial charge < -0.3 is 5.32 Å². The highest BCUT2D eigenvalue weighted by Crippen LogP contribution is 2.22. The van der Waals surface area contributed by atoms with Gasteiger partial charge in [-0.3, -0.25) is 9.10 Å². The number of nitrogens with one attached hydrogen (secondary N) is 1. The molecule has 26 heavy (non-hydrogen) atoms. The summed E-state index contributed by atoms with van der Waals surface area (Å²) >= 11 is 0. The molecule has 0 aliphatic carbocycles. The maximum Gasteiger partial charge on any atom is 0.232 e. The number of aryl methyl sites for hydroxylation is 2. The van der Waals surface area contributed by atoms with Gasteiger partial charge in [-0.2, -0.15) is 0 Å². The minimum atomic E-state index is -3.65. The monoisotopic (exact) mass is 378 g/mol. The molecule has 2 aromatic carbocycles. The number of carbonyl (C=O) groups excluding carboxylic acids is 1. The Hall–Kier alpha value is -2.41. The number of carbonyl (C=O) groups is 1. The van der Waals surface area contributed by atoms with Gasteiger partial charge in [-0.05, 0) is 55.7 Å². The molecule has 0 saturated heterocycles. The molecule has 140 valence electrons. The summed E-state index contributed by atoms with van der Waals surface area (Å²) in [7, 11) is -3.65. The van der Waals surface area contributed by atoms with Crippen molar-refractivity contribution in [3.05, 3.63) is 59.4 Å². The lowest BCUT2D eigenvalue weighted by Crippen LogP contribution is -2.32. The number of nitrogens with zero attached hydrogens (tertiary/aromatic N) is 1. The van der Waals surface area contributed by atoms with E-state index in [1.165, 1.54) is 18.2 Å². The molecule has 5 nitrogen and oxygen atoms in total. The standard InChI is InChI=1S/C19H23FN2O3S/c1-14-11-15(2)13-16(12-14)21-19(23)9-6-10-22(26(3,24)25)18-8-5-4-7-17(18)20/h4-5,7-8,11-13H,6,9-10H2,1-3H3,(H,21,23). The molecule has 0 spiro atoms. The van der Waals surface area contributed by atoms with E-state index in [1.54, 1.807) is 6.07 Å². The van der Waals surface area contributed by atoms with Crippen LogP contribution in [-0.4, -0.2) is 27.1 Å². The van der Waals surface area contributed by atoms with E-state index in [4.69, 9.17) is 0 Å². The van der Waals surface area contributed by atoms with Gasteiger partial charge in [-0.1, -0.05) is 18.2 Å². The molecule has 1 N–H and O–H groups in total. The molecule has 0 aliphatic heterocycles. The van der Waals surface area contributed by atoms with Gasteiger partial charge in [-0.25, -0.2) is 12.8 Å². The van der Waals surface area contributed by atoms with E-state index in [1.807, 2.05) is 32.0 Å². The average molecular weight is 378 g/mol. The first-order valence-corrected chi connectivity index (χ1v) is 10.1. The van der Waals surface area contributed by atoms with Gasteiger partial charge >= 0.3 is 0 Å². The number of hydrogen-bond donors (Lipinski definition) is 1. The summed E-state index contributed by atoms with van der Waals surface area (Å²) in [6.07, 6.45) is 1.43. The maximum atomic E-state index is 13.9. The lowest BCUT2D eigenvalue weighted by atomic mass is 10.1. The first kappa shape index (κ1) is 19.9. The van der Waals surface area contributed by atoms with E-state index < -0.39 is 15.8 Å². The summed E-state index contributed by atoms with van der Waals surface area (Å²) in [6, 6.07) is 11.4.